The largest absolute Gasteiger partial charge is 0.452 e. The maximum absolute atomic E-state index is 12.5. The molecule has 0 aliphatic carbocycles. The van der Waals surface area contributed by atoms with Gasteiger partial charge in [-0.3, -0.25) is 4.79 Å². The van der Waals surface area contributed by atoms with Crippen LogP contribution in [0.25, 0.3) is 0 Å². The van der Waals surface area contributed by atoms with Crippen LogP contribution < -0.4 is 5.32 Å². The minimum absolute atomic E-state index is 0.105. The molecule has 3 aromatic rings. The molecule has 0 spiro atoms. The van der Waals surface area contributed by atoms with Gasteiger partial charge in [0.05, 0.1) is 22.5 Å². The lowest BCUT2D eigenvalue weighted by atomic mass is 10.2. The van der Waals surface area contributed by atoms with E-state index in [4.69, 9.17) is 4.74 Å². The number of nitrogens with zero attached hydrogens (tertiary/aromatic N) is 3. The number of esters is 1. The van der Waals surface area contributed by atoms with Crippen molar-refractivity contribution in [1.29, 1.82) is 0 Å². The molecule has 1 N–H and O–H groups in total. The molecular formula is C20H22N4O3S2. The number of thioether (sulfide) groups is 1. The molecular weight excluding hydrogens is 408 g/mol. The zero-order valence-corrected chi connectivity index (χ0v) is 18.0. The third-order valence-electron chi connectivity index (χ3n) is 3.91. The van der Waals surface area contributed by atoms with Crippen molar-refractivity contribution in [1.82, 2.24) is 14.8 Å². The van der Waals surface area contributed by atoms with Gasteiger partial charge in [-0.15, -0.1) is 23.1 Å². The Morgan fingerprint density at radius 3 is 2.79 bits per heavy atom. The molecule has 3 rings (SSSR count). The fourth-order valence-electron chi connectivity index (χ4n) is 2.60. The summed E-state index contributed by atoms with van der Waals surface area (Å²) in [5.41, 5.74) is 1.41. The Bertz CT molecular complexity index is 997. The zero-order valence-electron chi connectivity index (χ0n) is 16.4. The first kappa shape index (κ1) is 21.1. The number of anilines is 1. The van der Waals surface area contributed by atoms with E-state index in [1.54, 1.807) is 40.4 Å². The van der Waals surface area contributed by atoms with Gasteiger partial charge in [0, 0.05) is 28.1 Å². The standard InChI is InChI=1S/C20H22N4O3S2/c1-13(2)24-18(8-9-21-24)23-19(25)10-27-20(26)16-6-4-5-7-17(16)29-12-15-11-28-14(3)22-15/h4-9,11,13H,10,12H2,1-3H3,(H,23,25). The average Bonchev–Trinajstić information content (AvgIpc) is 3.33. The van der Waals surface area contributed by atoms with E-state index in [0.29, 0.717) is 17.1 Å². The number of ether oxygens (including phenoxy) is 1. The molecule has 2 heterocycles. The SMILES string of the molecule is Cc1nc(CSc2ccccc2C(=O)OCC(=O)Nc2ccnn2C(C)C)cs1. The second kappa shape index (κ2) is 9.71. The third-order valence-corrected chi connectivity index (χ3v) is 5.84. The summed E-state index contributed by atoms with van der Waals surface area (Å²) in [6, 6.07) is 9.00. The maximum Gasteiger partial charge on any atom is 0.339 e. The minimum Gasteiger partial charge on any atom is -0.452 e. The first-order chi connectivity index (χ1) is 13.9. The average molecular weight is 431 g/mol. The highest BCUT2D eigenvalue weighted by molar-refractivity contribution is 7.98. The lowest BCUT2D eigenvalue weighted by molar-refractivity contribution is -0.119. The second-order valence-corrected chi connectivity index (χ2v) is 8.60. The monoisotopic (exact) mass is 430 g/mol. The summed E-state index contributed by atoms with van der Waals surface area (Å²) in [6.45, 7) is 5.52. The molecule has 0 atom stereocenters. The number of amides is 1. The van der Waals surface area contributed by atoms with E-state index in [-0.39, 0.29) is 12.6 Å². The number of rotatable bonds is 8. The van der Waals surface area contributed by atoms with E-state index < -0.39 is 11.9 Å². The van der Waals surface area contributed by atoms with Crippen LogP contribution in [0.2, 0.25) is 0 Å². The molecule has 0 bridgehead atoms. The number of thiazole rings is 1. The first-order valence-corrected chi connectivity index (χ1v) is 10.9. The van der Waals surface area contributed by atoms with Gasteiger partial charge in [-0.1, -0.05) is 12.1 Å². The summed E-state index contributed by atoms with van der Waals surface area (Å²) in [7, 11) is 0. The van der Waals surface area contributed by atoms with E-state index >= 15 is 0 Å². The van der Waals surface area contributed by atoms with Gasteiger partial charge in [0.1, 0.15) is 5.82 Å². The lowest BCUT2D eigenvalue weighted by Gasteiger charge is -2.12. The fourth-order valence-corrected chi connectivity index (χ4v) is 4.25. The molecule has 29 heavy (non-hydrogen) atoms. The van der Waals surface area contributed by atoms with Crippen molar-refractivity contribution in [2.24, 2.45) is 0 Å². The van der Waals surface area contributed by atoms with Gasteiger partial charge in [-0.25, -0.2) is 14.5 Å². The molecule has 0 saturated carbocycles. The van der Waals surface area contributed by atoms with Crippen molar-refractivity contribution in [3.05, 3.63) is 58.2 Å². The third kappa shape index (κ3) is 5.68. The van der Waals surface area contributed by atoms with Crippen molar-refractivity contribution in [2.75, 3.05) is 11.9 Å². The normalized spacial score (nSPS) is 10.9. The Morgan fingerprint density at radius 2 is 2.07 bits per heavy atom. The minimum atomic E-state index is -0.532. The predicted molar refractivity (Wildman–Crippen MR) is 114 cm³/mol. The molecule has 7 nitrogen and oxygen atoms in total. The molecule has 9 heteroatoms. The van der Waals surface area contributed by atoms with E-state index in [2.05, 4.69) is 15.4 Å². The van der Waals surface area contributed by atoms with Crippen LogP contribution in [0.5, 0.6) is 0 Å². The molecule has 152 valence electrons. The van der Waals surface area contributed by atoms with Gasteiger partial charge >= 0.3 is 5.97 Å². The van der Waals surface area contributed by atoms with Crippen LogP contribution in [0.1, 0.15) is 40.9 Å². The highest BCUT2D eigenvalue weighted by Crippen LogP contribution is 2.27. The molecule has 0 radical (unpaired) electrons. The zero-order chi connectivity index (χ0) is 20.8. The molecule has 0 aliphatic heterocycles. The van der Waals surface area contributed by atoms with Gasteiger partial charge in [-0.2, -0.15) is 5.10 Å². The number of carbonyl (C=O) groups is 2. The Hall–Kier alpha value is -2.65. The van der Waals surface area contributed by atoms with Gasteiger partial charge in [-0.05, 0) is 32.9 Å². The summed E-state index contributed by atoms with van der Waals surface area (Å²) in [6.07, 6.45) is 1.61. The van der Waals surface area contributed by atoms with Crippen LogP contribution in [0.3, 0.4) is 0 Å². The van der Waals surface area contributed by atoms with E-state index in [1.165, 1.54) is 11.8 Å². The summed E-state index contributed by atoms with van der Waals surface area (Å²) in [4.78, 5) is 29.9. The number of hydrogen-bond acceptors (Lipinski definition) is 7. The lowest BCUT2D eigenvalue weighted by Crippen LogP contribution is -2.23. The summed E-state index contributed by atoms with van der Waals surface area (Å²) >= 11 is 3.11. The van der Waals surface area contributed by atoms with Crippen LogP contribution in [0.4, 0.5) is 5.82 Å². The summed E-state index contributed by atoms with van der Waals surface area (Å²) < 4.78 is 6.91. The number of aryl methyl sites for hydroxylation is 1. The van der Waals surface area contributed by atoms with Gasteiger partial charge in [0.25, 0.3) is 5.91 Å². The van der Waals surface area contributed by atoms with Gasteiger partial charge in [0.15, 0.2) is 6.61 Å². The molecule has 0 saturated heterocycles. The molecule has 0 aliphatic rings. The van der Waals surface area contributed by atoms with Crippen molar-refractivity contribution in [2.45, 2.75) is 37.5 Å². The Balaban J connectivity index is 1.57. The van der Waals surface area contributed by atoms with Crippen molar-refractivity contribution in [3.8, 4) is 0 Å². The molecule has 1 aromatic carbocycles. The second-order valence-electron chi connectivity index (χ2n) is 6.52. The Kier molecular flexibility index (Phi) is 7.05. The Morgan fingerprint density at radius 1 is 1.28 bits per heavy atom. The van der Waals surface area contributed by atoms with E-state index in [1.807, 2.05) is 38.3 Å². The van der Waals surface area contributed by atoms with Gasteiger partial charge < -0.3 is 10.1 Å². The van der Waals surface area contributed by atoms with Crippen LogP contribution in [0.15, 0.2) is 46.8 Å². The van der Waals surface area contributed by atoms with Crippen molar-refractivity contribution >= 4 is 40.8 Å². The number of benzene rings is 1. The topological polar surface area (TPSA) is 86.1 Å². The van der Waals surface area contributed by atoms with Crippen LogP contribution in [0, 0.1) is 6.92 Å². The predicted octanol–water partition coefficient (Wildman–Crippen LogP) is 4.32. The first-order valence-electron chi connectivity index (χ1n) is 9.07. The molecule has 1 amide bonds. The van der Waals surface area contributed by atoms with E-state index in [0.717, 1.165) is 15.6 Å². The molecule has 0 fully saturated rings. The van der Waals surface area contributed by atoms with E-state index in [9.17, 15) is 9.59 Å². The molecule has 0 unspecified atom stereocenters. The van der Waals surface area contributed by atoms with Crippen molar-refractivity contribution < 1.29 is 14.3 Å². The number of aromatic nitrogens is 3. The summed E-state index contributed by atoms with van der Waals surface area (Å²) in [5, 5.41) is 9.89. The summed E-state index contributed by atoms with van der Waals surface area (Å²) in [5.74, 6) is 0.281. The highest BCUT2D eigenvalue weighted by Gasteiger charge is 2.16. The number of hydrogen-bond donors (Lipinski definition) is 1. The fraction of sp³-hybridized carbons (Fsp3) is 0.300. The van der Waals surface area contributed by atoms with Crippen LogP contribution in [-0.2, 0) is 15.3 Å². The number of carbonyl (C=O) groups excluding carboxylic acids is 2. The maximum atomic E-state index is 12.5. The van der Waals surface area contributed by atoms with Crippen LogP contribution in [-0.4, -0.2) is 33.2 Å². The Labute approximate surface area is 177 Å². The smallest absolute Gasteiger partial charge is 0.339 e. The van der Waals surface area contributed by atoms with Crippen molar-refractivity contribution in [3.63, 3.8) is 0 Å². The highest BCUT2D eigenvalue weighted by atomic mass is 32.2. The molecule has 2 aromatic heterocycles. The van der Waals surface area contributed by atoms with Gasteiger partial charge in [0.2, 0.25) is 0 Å². The number of nitrogens with one attached hydrogen (secondary N) is 1. The van der Waals surface area contributed by atoms with Crippen LogP contribution >= 0.6 is 23.1 Å². The quantitative estimate of drug-likeness (QED) is 0.423.